The average molecular weight is 434 g/mol. The van der Waals surface area contributed by atoms with Crippen LogP contribution in [0.3, 0.4) is 0 Å². The number of phenolic OH excluding ortho intramolecular Hbond substituents is 1. The SMILES string of the molecule is CN1CC[C@]23C[C@]4(CC[C@@]2(O)[C@H]1Cc1ccc(O)cc13)NC(=O)N(c1ccccc1)C4=O. The maximum Gasteiger partial charge on any atom is 0.329 e. The molecule has 166 valence electrons. The lowest BCUT2D eigenvalue weighted by Crippen LogP contribution is -2.75. The monoisotopic (exact) mass is 433 g/mol. The number of aromatic hydroxyl groups is 1. The topological polar surface area (TPSA) is 93.1 Å². The summed E-state index contributed by atoms with van der Waals surface area (Å²) < 4.78 is 0. The Morgan fingerprint density at radius 3 is 2.62 bits per heavy atom. The van der Waals surface area contributed by atoms with Crippen LogP contribution in [-0.2, 0) is 16.6 Å². The molecule has 2 aromatic carbocycles. The molecule has 6 rings (SSSR count). The Morgan fingerprint density at radius 2 is 1.84 bits per heavy atom. The number of carbonyl (C=O) groups excluding carboxylic acids is 2. The summed E-state index contributed by atoms with van der Waals surface area (Å²) in [5.41, 5.74) is -0.254. The number of hydrogen-bond donors (Lipinski definition) is 3. The van der Waals surface area contributed by atoms with Crippen molar-refractivity contribution in [2.45, 2.75) is 54.7 Å². The number of benzene rings is 2. The first-order valence-corrected chi connectivity index (χ1v) is 11.3. The van der Waals surface area contributed by atoms with Gasteiger partial charge in [0.25, 0.3) is 5.91 Å². The van der Waals surface area contributed by atoms with Crippen LogP contribution in [0, 0.1) is 0 Å². The van der Waals surface area contributed by atoms with Crippen LogP contribution in [0.15, 0.2) is 48.5 Å². The van der Waals surface area contributed by atoms with E-state index in [2.05, 4.69) is 10.2 Å². The van der Waals surface area contributed by atoms with Gasteiger partial charge in [0.1, 0.15) is 11.3 Å². The molecular weight excluding hydrogens is 406 g/mol. The summed E-state index contributed by atoms with van der Waals surface area (Å²) in [5, 5.41) is 25.5. The van der Waals surface area contributed by atoms with Crippen LogP contribution in [0.5, 0.6) is 5.75 Å². The molecule has 2 bridgehead atoms. The van der Waals surface area contributed by atoms with E-state index in [1.165, 1.54) is 4.90 Å². The number of likely N-dealkylation sites (tertiary alicyclic amines) is 1. The maximum atomic E-state index is 13.8. The maximum absolute atomic E-state index is 13.8. The number of phenols is 1. The average Bonchev–Trinajstić information content (AvgIpc) is 3.01. The van der Waals surface area contributed by atoms with E-state index < -0.39 is 22.6 Å². The van der Waals surface area contributed by atoms with Crippen molar-refractivity contribution in [3.8, 4) is 5.75 Å². The second-order valence-corrected chi connectivity index (χ2v) is 9.96. The fraction of sp³-hybridized carbons (Fsp3) is 0.440. The molecule has 1 spiro atoms. The molecule has 2 saturated heterocycles. The summed E-state index contributed by atoms with van der Waals surface area (Å²) in [6, 6.07) is 13.9. The Hall–Kier alpha value is -2.90. The minimum Gasteiger partial charge on any atom is -0.508 e. The molecule has 3 N–H and O–H groups in total. The highest BCUT2D eigenvalue weighted by atomic mass is 16.3. The molecule has 4 atom stereocenters. The number of piperidine rings is 1. The number of carbonyl (C=O) groups is 2. The van der Waals surface area contributed by atoms with Gasteiger partial charge in [0.05, 0.1) is 11.3 Å². The number of nitrogens with zero attached hydrogens (tertiary/aromatic N) is 2. The van der Waals surface area contributed by atoms with E-state index in [0.717, 1.165) is 17.7 Å². The van der Waals surface area contributed by atoms with Crippen molar-refractivity contribution < 1.29 is 19.8 Å². The van der Waals surface area contributed by atoms with E-state index >= 15 is 0 Å². The van der Waals surface area contributed by atoms with E-state index in [1.807, 2.05) is 19.2 Å². The lowest BCUT2D eigenvalue weighted by Gasteiger charge is -2.65. The summed E-state index contributed by atoms with van der Waals surface area (Å²) in [6.07, 6.45) is 2.48. The number of nitrogens with one attached hydrogen (secondary N) is 1. The third-order valence-corrected chi connectivity index (χ3v) is 8.54. The molecule has 1 saturated carbocycles. The largest absolute Gasteiger partial charge is 0.508 e. The van der Waals surface area contributed by atoms with Gasteiger partial charge in [-0.2, -0.15) is 0 Å². The van der Waals surface area contributed by atoms with Gasteiger partial charge in [-0.05, 0) is 81.1 Å². The molecule has 0 radical (unpaired) electrons. The number of hydrogen-bond acceptors (Lipinski definition) is 5. The molecule has 32 heavy (non-hydrogen) atoms. The van der Waals surface area contributed by atoms with Crippen molar-refractivity contribution in [3.05, 3.63) is 59.7 Å². The van der Waals surface area contributed by atoms with Gasteiger partial charge in [0.15, 0.2) is 0 Å². The zero-order valence-electron chi connectivity index (χ0n) is 18.0. The summed E-state index contributed by atoms with van der Waals surface area (Å²) in [7, 11) is 2.04. The third-order valence-electron chi connectivity index (χ3n) is 8.54. The predicted molar refractivity (Wildman–Crippen MR) is 119 cm³/mol. The molecule has 3 amide bonds. The van der Waals surface area contributed by atoms with Gasteiger partial charge in [-0.1, -0.05) is 24.3 Å². The zero-order chi connectivity index (χ0) is 22.3. The molecular formula is C25H27N3O4. The first kappa shape index (κ1) is 19.8. The predicted octanol–water partition coefficient (Wildman–Crippen LogP) is 2.30. The molecule has 2 aliphatic heterocycles. The smallest absolute Gasteiger partial charge is 0.329 e. The first-order chi connectivity index (χ1) is 15.3. The van der Waals surface area contributed by atoms with Crippen LogP contribution >= 0.6 is 0 Å². The Balaban J connectivity index is 1.49. The van der Waals surface area contributed by atoms with Crippen molar-refractivity contribution in [3.63, 3.8) is 0 Å². The number of amides is 3. The number of urea groups is 1. The lowest BCUT2D eigenvalue weighted by molar-refractivity contribution is -0.175. The molecule has 7 heteroatoms. The van der Waals surface area contributed by atoms with E-state index in [9.17, 15) is 19.8 Å². The van der Waals surface area contributed by atoms with E-state index in [1.54, 1.807) is 36.4 Å². The number of fused-ring (bicyclic) bond motifs is 1. The van der Waals surface area contributed by atoms with Gasteiger partial charge in [0.2, 0.25) is 0 Å². The van der Waals surface area contributed by atoms with Gasteiger partial charge in [-0.3, -0.25) is 4.79 Å². The van der Waals surface area contributed by atoms with Gasteiger partial charge in [-0.25, -0.2) is 9.69 Å². The second kappa shape index (κ2) is 6.33. The van der Waals surface area contributed by atoms with E-state index in [4.69, 9.17) is 0 Å². The van der Waals surface area contributed by atoms with Crippen LogP contribution in [0.25, 0.3) is 0 Å². The second-order valence-electron chi connectivity index (χ2n) is 9.96. The van der Waals surface area contributed by atoms with Gasteiger partial charge in [-0.15, -0.1) is 0 Å². The van der Waals surface area contributed by atoms with Crippen molar-refractivity contribution in [2.75, 3.05) is 18.5 Å². The fourth-order valence-corrected chi connectivity index (χ4v) is 6.98. The highest BCUT2D eigenvalue weighted by Gasteiger charge is 2.70. The molecule has 4 aliphatic rings. The minimum atomic E-state index is -1.07. The Labute approximate surface area is 186 Å². The quantitative estimate of drug-likeness (QED) is 0.600. The number of para-hydroxylation sites is 1. The van der Waals surface area contributed by atoms with Crippen molar-refractivity contribution >= 4 is 17.6 Å². The lowest BCUT2D eigenvalue weighted by atomic mass is 9.46. The molecule has 2 heterocycles. The van der Waals surface area contributed by atoms with Crippen molar-refractivity contribution in [2.24, 2.45) is 0 Å². The number of aliphatic hydroxyl groups is 1. The zero-order valence-corrected chi connectivity index (χ0v) is 18.0. The van der Waals surface area contributed by atoms with E-state index in [0.29, 0.717) is 37.8 Å². The third kappa shape index (κ3) is 2.33. The standard InChI is InChI=1S/C25H27N3O4/c1-27-12-11-23-15-24(21(30)28(22(31)26-24)17-5-3-2-4-6-17)9-10-25(23,32)20(27)13-16-7-8-18(29)14-19(16)23/h2-8,14,20,29,32H,9-13,15H2,1H3,(H,26,31)/t20-,23-,24+,25-/m1/s1. The van der Waals surface area contributed by atoms with Crippen LogP contribution in [-0.4, -0.2) is 57.8 Å². The Bertz CT molecular complexity index is 1140. The van der Waals surface area contributed by atoms with E-state index in [-0.39, 0.29) is 17.7 Å². The van der Waals surface area contributed by atoms with Gasteiger partial charge in [0, 0.05) is 11.5 Å². The fourth-order valence-electron chi connectivity index (χ4n) is 6.98. The highest BCUT2D eigenvalue weighted by molar-refractivity contribution is 6.23. The normalized spacial score (nSPS) is 36.1. The van der Waals surface area contributed by atoms with Crippen LogP contribution in [0.4, 0.5) is 10.5 Å². The number of likely N-dealkylation sites (N-methyl/N-ethyl adjacent to an activating group) is 1. The minimum absolute atomic E-state index is 0.0666. The van der Waals surface area contributed by atoms with Crippen LogP contribution < -0.4 is 10.2 Å². The first-order valence-electron chi connectivity index (χ1n) is 11.3. The summed E-state index contributed by atoms with van der Waals surface area (Å²) >= 11 is 0. The molecule has 3 fully saturated rings. The summed E-state index contributed by atoms with van der Waals surface area (Å²) in [5.74, 6) is -0.0990. The Morgan fingerprint density at radius 1 is 1.06 bits per heavy atom. The van der Waals surface area contributed by atoms with Gasteiger partial charge >= 0.3 is 6.03 Å². The van der Waals surface area contributed by atoms with Crippen molar-refractivity contribution in [1.29, 1.82) is 0 Å². The van der Waals surface area contributed by atoms with Crippen LogP contribution in [0.2, 0.25) is 0 Å². The molecule has 2 aromatic rings. The highest BCUT2D eigenvalue weighted by Crippen LogP contribution is 2.61. The summed E-state index contributed by atoms with van der Waals surface area (Å²) in [6.45, 7) is 0.780. The molecule has 0 aromatic heterocycles. The van der Waals surface area contributed by atoms with Gasteiger partial charge < -0.3 is 20.4 Å². The molecule has 2 aliphatic carbocycles. The number of rotatable bonds is 1. The Kier molecular flexibility index (Phi) is 3.91. The number of anilines is 1. The van der Waals surface area contributed by atoms with Crippen molar-refractivity contribution in [1.82, 2.24) is 10.2 Å². The molecule has 0 unspecified atom stereocenters. The van der Waals surface area contributed by atoms with Crippen LogP contribution in [0.1, 0.15) is 36.8 Å². The summed E-state index contributed by atoms with van der Waals surface area (Å²) in [4.78, 5) is 30.2. The molecule has 7 nitrogen and oxygen atoms in total. The number of imide groups is 1.